The van der Waals surface area contributed by atoms with Crippen molar-refractivity contribution in [2.75, 3.05) is 13.2 Å². The van der Waals surface area contributed by atoms with Crippen LogP contribution in [0.2, 0.25) is 0 Å². The summed E-state index contributed by atoms with van der Waals surface area (Å²) in [7, 11) is 0. The Morgan fingerprint density at radius 3 is 2.52 bits per heavy atom. The van der Waals surface area contributed by atoms with Crippen molar-refractivity contribution in [1.82, 2.24) is 0 Å². The monoisotopic (exact) mass is 370 g/mol. The maximum absolute atomic E-state index is 10.3. The highest BCUT2D eigenvalue weighted by atomic mass is 16.5. The first kappa shape index (κ1) is 18.4. The van der Waals surface area contributed by atoms with E-state index >= 15 is 0 Å². The first-order valence-corrected chi connectivity index (χ1v) is 11.6. The number of hydrogen-bond acceptors (Lipinski definition) is 2. The summed E-state index contributed by atoms with van der Waals surface area (Å²) in [6.07, 6.45) is 14.8. The summed E-state index contributed by atoms with van der Waals surface area (Å²) in [5.41, 5.74) is 4.17. The van der Waals surface area contributed by atoms with Crippen LogP contribution in [0.5, 0.6) is 0 Å². The van der Waals surface area contributed by atoms with Crippen molar-refractivity contribution in [3.63, 3.8) is 0 Å². The van der Waals surface area contributed by atoms with Crippen LogP contribution in [0.1, 0.15) is 72.1 Å². The van der Waals surface area contributed by atoms with Gasteiger partial charge in [-0.15, -0.1) is 0 Å². The van der Waals surface area contributed by atoms with Gasteiger partial charge in [-0.1, -0.05) is 44.1 Å². The van der Waals surface area contributed by atoms with Crippen molar-refractivity contribution in [2.24, 2.45) is 40.4 Å². The fourth-order valence-electron chi connectivity index (χ4n) is 8.25. The quantitative estimate of drug-likeness (QED) is 0.616. The average molecular weight is 371 g/mol. The highest BCUT2D eigenvalue weighted by Gasteiger charge is 2.58. The fraction of sp³-hybridized carbons (Fsp3) is 0.840. The molecule has 2 nitrogen and oxygen atoms in total. The number of rotatable bonds is 1. The lowest BCUT2D eigenvalue weighted by atomic mass is 9.45. The van der Waals surface area contributed by atoms with E-state index in [0.717, 1.165) is 49.7 Å². The average Bonchev–Trinajstić information content (AvgIpc) is 3.01. The van der Waals surface area contributed by atoms with Crippen LogP contribution >= 0.6 is 0 Å². The molecule has 0 spiro atoms. The second kappa shape index (κ2) is 6.46. The Labute approximate surface area is 165 Å². The van der Waals surface area contributed by atoms with Gasteiger partial charge in [-0.2, -0.15) is 0 Å². The second-order valence-corrected chi connectivity index (χ2v) is 10.9. The lowest BCUT2D eigenvalue weighted by molar-refractivity contribution is -0.0519. The van der Waals surface area contributed by atoms with Crippen molar-refractivity contribution in [3.8, 4) is 0 Å². The zero-order valence-corrected chi connectivity index (χ0v) is 17.5. The molecule has 0 radical (unpaired) electrons. The fourth-order valence-corrected chi connectivity index (χ4v) is 8.25. The molecule has 0 aromatic heterocycles. The predicted octanol–water partition coefficient (Wildman–Crippen LogP) is 5.52. The van der Waals surface area contributed by atoms with Gasteiger partial charge in [0.05, 0.1) is 6.10 Å². The largest absolute Gasteiger partial charge is 0.393 e. The number of hydrogen-bond donors (Lipinski definition) is 1. The molecule has 7 atom stereocenters. The van der Waals surface area contributed by atoms with Gasteiger partial charge in [-0.25, -0.2) is 0 Å². The van der Waals surface area contributed by atoms with Crippen molar-refractivity contribution in [3.05, 3.63) is 23.3 Å². The van der Waals surface area contributed by atoms with Gasteiger partial charge in [0.25, 0.3) is 0 Å². The summed E-state index contributed by atoms with van der Waals surface area (Å²) in [6.45, 7) is 9.54. The third kappa shape index (κ3) is 2.65. The maximum Gasteiger partial charge on any atom is 0.0577 e. The van der Waals surface area contributed by atoms with Crippen LogP contribution in [-0.4, -0.2) is 24.4 Å². The lowest BCUT2D eigenvalue weighted by Gasteiger charge is -2.60. The lowest BCUT2D eigenvalue weighted by Crippen LogP contribution is -2.52. The van der Waals surface area contributed by atoms with Gasteiger partial charge >= 0.3 is 0 Å². The van der Waals surface area contributed by atoms with Crippen LogP contribution < -0.4 is 0 Å². The Kier molecular flexibility index (Phi) is 4.41. The summed E-state index contributed by atoms with van der Waals surface area (Å²) in [6, 6.07) is 0. The minimum atomic E-state index is -0.102. The molecule has 1 heterocycles. The number of aliphatic hydroxyl groups is 1. The molecule has 2 heteroatoms. The summed E-state index contributed by atoms with van der Waals surface area (Å²) >= 11 is 0. The maximum atomic E-state index is 10.3. The van der Waals surface area contributed by atoms with E-state index in [0.29, 0.717) is 16.7 Å². The summed E-state index contributed by atoms with van der Waals surface area (Å²) in [4.78, 5) is 0. The molecule has 0 bridgehead atoms. The van der Waals surface area contributed by atoms with Crippen molar-refractivity contribution >= 4 is 0 Å². The van der Waals surface area contributed by atoms with Gasteiger partial charge in [0, 0.05) is 13.2 Å². The second-order valence-electron chi connectivity index (χ2n) is 10.9. The molecule has 150 valence electrons. The van der Waals surface area contributed by atoms with E-state index < -0.39 is 0 Å². The molecule has 1 aliphatic heterocycles. The number of aliphatic hydroxyl groups excluding tert-OH is 1. The number of allylic oxidation sites excluding steroid dienone is 3. The van der Waals surface area contributed by atoms with Crippen LogP contribution in [0.15, 0.2) is 23.3 Å². The molecule has 1 N–H and O–H groups in total. The first-order valence-electron chi connectivity index (χ1n) is 11.6. The van der Waals surface area contributed by atoms with E-state index in [-0.39, 0.29) is 6.10 Å². The molecule has 0 amide bonds. The van der Waals surface area contributed by atoms with Gasteiger partial charge in [0.15, 0.2) is 0 Å². The van der Waals surface area contributed by atoms with Crippen LogP contribution in [-0.2, 0) is 4.74 Å². The third-order valence-corrected chi connectivity index (χ3v) is 9.71. The first-order chi connectivity index (χ1) is 12.9. The molecular weight excluding hydrogens is 332 g/mol. The molecular formula is C25H38O2. The van der Waals surface area contributed by atoms with Crippen LogP contribution in [0.25, 0.3) is 0 Å². The number of fused-ring (bicyclic) bond motifs is 5. The molecule has 4 aliphatic carbocycles. The van der Waals surface area contributed by atoms with Gasteiger partial charge in [0.1, 0.15) is 0 Å². The van der Waals surface area contributed by atoms with E-state index in [2.05, 4.69) is 32.9 Å². The van der Waals surface area contributed by atoms with Crippen LogP contribution in [0.4, 0.5) is 0 Å². The highest BCUT2D eigenvalue weighted by Crippen LogP contribution is 2.67. The molecule has 3 fully saturated rings. The molecule has 5 aliphatic rings. The molecule has 2 saturated carbocycles. The normalized spacial score (nSPS) is 50.3. The zero-order chi connectivity index (χ0) is 18.8. The Bertz CT molecular complexity index is 657. The molecule has 5 rings (SSSR count). The van der Waals surface area contributed by atoms with Gasteiger partial charge in [-0.05, 0) is 91.8 Å². The van der Waals surface area contributed by atoms with Crippen LogP contribution in [0, 0.1) is 40.4 Å². The topological polar surface area (TPSA) is 29.5 Å². The minimum Gasteiger partial charge on any atom is -0.393 e. The smallest absolute Gasteiger partial charge is 0.0577 e. The van der Waals surface area contributed by atoms with E-state index in [1.807, 2.05) is 0 Å². The summed E-state index contributed by atoms with van der Waals surface area (Å²) in [5.74, 6) is 3.90. The van der Waals surface area contributed by atoms with E-state index in [9.17, 15) is 5.11 Å². The predicted molar refractivity (Wildman–Crippen MR) is 109 cm³/mol. The summed E-state index contributed by atoms with van der Waals surface area (Å²) < 4.78 is 5.66. The van der Waals surface area contributed by atoms with E-state index in [1.165, 1.54) is 38.5 Å². The van der Waals surface area contributed by atoms with E-state index in [1.54, 1.807) is 11.1 Å². The van der Waals surface area contributed by atoms with Crippen molar-refractivity contribution in [2.45, 2.75) is 78.2 Å². The standard InChI is InChI=1S/C25H38O2/c1-16-14-18-15-19(26)6-10-24(18,2)22-7-11-25(3)20(4-5-21(25)23(16)22)17-8-12-27-13-9-17/h4,14,16-17,19,21-23,26H,5-13,15H2,1-3H3/t16?,19?,21-,22-,23-,24-,25+/m0/s1. The SMILES string of the molecule is CC1C=C2CC(O)CC[C@]2(C)[C@H]2CC[C@]3(C)C(C4CCOCC4)=CC[C@H]3[C@H]12. The van der Waals surface area contributed by atoms with Gasteiger partial charge in [-0.3, -0.25) is 0 Å². The zero-order valence-electron chi connectivity index (χ0n) is 17.5. The van der Waals surface area contributed by atoms with Crippen molar-refractivity contribution < 1.29 is 9.84 Å². The minimum absolute atomic E-state index is 0.102. The van der Waals surface area contributed by atoms with Crippen molar-refractivity contribution in [1.29, 1.82) is 0 Å². The van der Waals surface area contributed by atoms with E-state index in [4.69, 9.17) is 4.74 Å². The Hall–Kier alpha value is -0.600. The van der Waals surface area contributed by atoms with Gasteiger partial charge < -0.3 is 9.84 Å². The number of ether oxygens (including phenoxy) is 1. The third-order valence-electron chi connectivity index (χ3n) is 9.71. The van der Waals surface area contributed by atoms with Crippen LogP contribution in [0.3, 0.4) is 0 Å². The Morgan fingerprint density at radius 1 is 1.00 bits per heavy atom. The molecule has 0 aromatic rings. The molecule has 0 aromatic carbocycles. The highest BCUT2D eigenvalue weighted by molar-refractivity contribution is 5.32. The molecule has 2 unspecified atom stereocenters. The molecule has 27 heavy (non-hydrogen) atoms. The molecule has 1 saturated heterocycles. The summed E-state index contributed by atoms with van der Waals surface area (Å²) in [5, 5.41) is 10.3. The Morgan fingerprint density at radius 2 is 1.74 bits per heavy atom. The Balaban J connectivity index is 1.46. The van der Waals surface area contributed by atoms with Gasteiger partial charge in [0.2, 0.25) is 0 Å².